The van der Waals surface area contributed by atoms with Crippen LogP contribution in [0.2, 0.25) is 0 Å². The van der Waals surface area contributed by atoms with Gasteiger partial charge in [-0.2, -0.15) is 0 Å². The van der Waals surface area contributed by atoms with Crippen molar-refractivity contribution in [1.29, 1.82) is 0 Å². The number of carbonyl (C=O) groups excluding carboxylic acids is 1. The molecule has 1 N–H and O–H groups in total. The van der Waals surface area contributed by atoms with E-state index in [1.807, 2.05) is 56.3 Å². The number of carbonyl (C=O) groups is 1. The fourth-order valence-electron chi connectivity index (χ4n) is 2.47. The van der Waals surface area contributed by atoms with E-state index >= 15 is 0 Å². The molecule has 2 aromatic rings. The summed E-state index contributed by atoms with van der Waals surface area (Å²) < 4.78 is 5.93. The van der Waals surface area contributed by atoms with Crippen LogP contribution < -0.4 is 10.1 Å². The standard InChI is InChI=1S/C19H22N2O3/c1-13-8-5-6-11-16(13)24-12-15-10-7-9-14(2)17(15)18(21-23-4)19(22)20-3/h5-11H,12H2,1-4H3,(H,20,22). The van der Waals surface area contributed by atoms with E-state index in [2.05, 4.69) is 10.5 Å². The molecule has 0 bridgehead atoms. The van der Waals surface area contributed by atoms with Crippen molar-refractivity contribution in [2.45, 2.75) is 20.5 Å². The molecule has 0 aliphatic rings. The molecule has 0 saturated carbocycles. The average Bonchev–Trinajstić information content (AvgIpc) is 2.59. The molecule has 0 heterocycles. The van der Waals surface area contributed by atoms with Crippen molar-refractivity contribution in [2.24, 2.45) is 5.16 Å². The Kier molecular flexibility index (Phi) is 5.95. The smallest absolute Gasteiger partial charge is 0.273 e. The molecular weight excluding hydrogens is 304 g/mol. The number of benzene rings is 2. The lowest BCUT2D eigenvalue weighted by Crippen LogP contribution is -2.30. The Morgan fingerprint density at radius 1 is 1.08 bits per heavy atom. The zero-order valence-corrected chi connectivity index (χ0v) is 14.4. The number of hydrogen-bond donors (Lipinski definition) is 1. The van der Waals surface area contributed by atoms with Gasteiger partial charge < -0.3 is 14.9 Å². The molecule has 2 aromatic carbocycles. The molecule has 0 spiro atoms. The highest BCUT2D eigenvalue weighted by atomic mass is 16.6. The lowest BCUT2D eigenvalue weighted by Gasteiger charge is -2.15. The Bertz CT molecular complexity index is 754. The molecule has 24 heavy (non-hydrogen) atoms. The van der Waals surface area contributed by atoms with Crippen molar-refractivity contribution in [2.75, 3.05) is 14.2 Å². The number of ether oxygens (including phenoxy) is 1. The number of oxime groups is 1. The number of para-hydroxylation sites is 1. The summed E-state index contributed by atoms with van der Waals surface area (Å²) in [6.45, 7) is 4.26. The molecule has 0 atom stereocenters. The van der Waals surface area contributed by atoms with Crippen LogP contribution >= 0.6 is 0 Å². The van der Waals surface area contributed by atoms with E-state index in [4.69, 9.17) is 9.57 Å². The third-order valence-corrected chi connectivity index (χ3v) is 3.70. The Labute approximate surface area is 142 Å². The van der Waals surface area contributed by atoms with Gasteiger partial charge >= 0.3 is 0 Å². The van der Waals surface area contributed by atoms with Crippen molar-refractivity contribution in [1.82, 2.24) is 5.32 Å². The van der Waals surface area contributed by atoms with Crippen molar-refractivity contribution in [3.8, 4) is 5.75 Å². The average molecular weight is 326 g/mol. The summed E-state index contributed by atoms with van der Waals surface area (Å²) in [4.78, 5) is 17.0. The minimum atomic E-state index is -0.303. The van der Waals surface area contributed by atoms with Crippen LogP contribution in [0.25, 0.3) is 0 Å². The molecule has 0 aliphatic heterocycles. The Morgan fingerprint density at radius 2 is 1.79 bits per heavy atom. The van der Waals surface area contributed by atoms with Crippen LogP contribution in [0.15, 0.2) is 47.6 Å². The van der Waals surface area contributed by atoms with Crippen molar-refractivity contribution in [3.05, 3.63) is 64.7 Å². The van der Waals surface area contributed by atoms with Gasteiger partial charge in [0.05, 0.1) is 0 Å². The molecule has 126 valence electrons. The summed E-state index contributed by atoms with van der Waals surface area (Å²) in [6, 6.07) is 13.6. The summed E-state index contributed by atoms with van der Waals surface area (Å²) in [5.74, 6) is 0.512. The lowest BCUT2D eigenvalue weighted by molar-refractivity contribution is -0.114. The van der Waals surface area contributed by atoms with Crippen LogP contribution in [0.3, 0.4) is 0 Å². The van der Waals surface area contributed by atoms with E-state index in [0.29, 0.717) is 6.61 Å². The molecule has 2 rings (SSSR count). The predicted octanol–water partition coefficient (Wildman–Crippen LogP) is 2.98. The summed E-state index contributed by atoms with van der Waals surface area (Å²) in [5.41, 5.74) is 3.83. The van der Waals surface area contributed by atoms with Crippen LogP contribution in [0, 0.1) is 13.8 Å². The molecule has 5 nitrogen and oxygen atoms in total. The Balaban J connectivity index is 2.37. The number of nitrogens with one attached hydrogen (secondary N) is 1. The molecule has 0 unspecified atom stereocenters. The largest absolute Gasteiger partial charge is 0.489 e. The normalized spacial score (nSPS) is 11.1. The molecular formula is C19H22N2O3. The Hall–Kier alpha value is -2.82. The maximum absolute atomic E-state index is 12.2. The van der Waals surface area contributed by atoms with E-state index in [-0.39, 0.29) is 11.6 Å². The molecule has 0 fully saturated rings. The van der Waals surface area contributed by atoms with Gasteiger partial charge in [-0.15, -0.1) is 0 Å². The zero-order chi connectivity index (χ0) is 17.5. The number of amides is 1. The van der Waals surface area contributed by atoms with Crippen molar-refractivity contribution in [3.63, 3.8) is 0 Å². The van der Waals surface area contributed by atoms with Crippen LogP contribution in [0.4, 0.5) is 0 Å². The predicted molar refractivity (Wildman–Crippen MR) is 94.3 cm³/mol. The van der Waals surface area contributed by atoms with Gasteiger partial charge in [-0.3, -0.25) is 4.79 Å². The SMILES string of the molecule is CNC(=O)C(=NOC)c1c(C)cccc1COc1ccccc1C. The van der Waals surface area contributed by atoms with E-state index in [1.165, 1.54) is 7.11 Å². The summed E-state index contributed by atoms with van der Waals surface area (Å²) in [7, 11) is 2.99. The molecule has 0 saturated heterocycles. The topological polar surface area (TPSA) is 59.9 Å². The minimum absolute atomic E-state index is 0.237. The van der Waals surface area contributed by atoms with Gasteiger partial charge in [0.25, 0.3) is 5.91 Å². The first kappa shape index (κ1) is 17.5. The molecule has 0 aromatic heterocycles. The first-order chi connectivity index (χ1) is 11.6. The van der Waals surface area contributed by atoms with Gasteiger partial charge in [-0.1, -0.05) is 41.6 Å². The van der Waals surface area contributed by atoms with E-state index in [0.717, 1.165) is 28.0 Å². The van der Waals surface area contributed by atoms with Gasteiger partial charge in [-0.05, 0) is 36.6 Å². The fourth-order valence-corrected chi connectivity index (χ4v) is 2.47. The minimum Gasteiger partial charge on any atom is -0.489 e. The molecule has 1 amide bonds. The van der Waals surface area contributed by atoms with Crippen molar-refractivity contribution < 1.29 is 14.4 Å². The molecule has 0 radical (unpaired) electrons. The second-order valence-electron chi connectivity index (χ2n) is 5.36. The van der Waals surface area contributed by atoms with E-state index in [1.54, 1.807) is 7.05 Å². The van der Waals surface area contributed by atoms with E-state index < -0.39 is 0 Å². The maximum atomic E-state index is 12.2. The first-order valence-corrected chi connectivity index (χ1v) is 7.69. The highest BCUT2D eigenvalue weighted by Gasteiger charge is 2.20. The number of rotatable bonds is 6. The highest BCUT2D eigenvalue weighted by molar-refractivity contribution is 6.45. The molecule has 5 heteroatoms. The van der Waals surface area contributed by atoms with Gasteiger partial charge in [0.1, 0.15) is 19.5 Å². The second kappa shape index (κ2) is 8.15. The number of nitrogens with zero attached hydrogens (tertiary/aromatic N) is 1. The Morgan fingerprint density at radius 3 is 2.46 bits per heavy atom. The number of likely N-dealkylation sites (N-methyl/N-ethyl adjacent to an activating group) is 1. The van der Waals surface area contributed by atoms with Crippen molar-refractivity contribution >= 4 is 11.6 Å². The number of hydrogen-bond acceptors (Lipinski definition) is 4. The quantitative estimate of drug-likeness (QED) is 0.656. The monoisotopic (exact) mass is 326 g/mol. The van der Waals surface area contributed by atoms with Gasteiger partial charge in [0.15, 0.2) is 5.71 Å². The second-order valence-corrected chi connectivity index (χ2v) is 5.36. The number of aryl methyl sites for hydroxylation is 2. The fraction of sp³-hybridized carbons (Fsp3) is 0.263. The van der Waals surface area contributed by atoms with Gasteiger partial charge in [0.2, 0.25) is 0 Å². The summed E-state index contributed by atoms with van der Waals surface area (Å²) in [5, 5.41) is 6.50. The van der Waals surface area contributed by atoms with Crippen LogP contribution in [0.1, 0.15) is 22.3 Å². The maximum Gasteiger partial charge on any atom is 0.273 e. The van der Waals surface area contributed by atoms with Crippen LogP contribution in [0.5, 0.6) is 5.75 Å². The first-order valence-electron chi connectivity index (χ1n) is 7.69. The van der Waals surface area contributed by atoms with Gasteiger partial charge in [-0.25, -0.2) is 0 Å². The summed E-state index contributed by atoms with van der Waals surface area (Å²) in [6.07, 6.45) is 0. The third-order valence-electron chi connectivity index (χ3n) is 3.70. The zero-order valence-electron chi connectivity index (χ0n) is 14.4. The lowest BCUT2D eigenvalue weighted by atomic mass is 9.97. The van der Waals surface area contributed by atoms with Crippen LogP contribution in [-0.2, 0) is 16.2 Å². The molecule has 0 aliphatic carbocycles. The van der Waals surface area contributed by atoms with Crippen LogP contribution in [-0.4, -0.2) is 25.8 Å². The summed E-state index contributed by atoms with van der Waals surface area (Å²) >= 11 is 0. The highest BCUT2D eigenvalue weighted by Crippen LogP contribution is 2.21. The van der Waals surface area contributed by atoms with E-state index in [9.17, 15) is 4.79 Å². The van der Waals surface area contributed by atoms with Gasteiger partial charge in [0, 0.05) is 12.6 Å². The third kappa shape index (κ3) is 3.93.